The van der Waals surface area contributed by atoms with Crippen molar-refractivity contribution in [3.05, 3.63) is 82.8 Å². The standard InChI is InChI=1S/C21H19N5O2S/c1-14(19(27)22-12-15-8-4-2-5-9-15)29-21-24-18-17(20(28)25-21)13-23-26(18)16-10-6-3-7-11-16/h2-11,13-14H,12H2,1H3,(H,22,27)(H,24,25,28). The summed E-state index contributed by atoms with van der Waals surface area (Å²) in [7, 11) is 0. The van der Waals surface area contributed by atoms with Crippen molar-refractivity contribution >= 4 is 28.7 Å². The third-order valence-electron chi connectivity index (χ3n) is 4.38. The molecule has 4 rings (SSSR count). The van der Waals surface area contributed by atoms with Crippen molar-refractivity contribution in [2.75, 3.05) is 0 Å². The third-order valence-corrected chi connectivity index (χ3v) is 5.37. The summed E-state index contributed by atoms with van der Waals surface area (Å²) >= 11 is 1.20. The molecule has 0 spiro atoms. The largest absolute Gasteiger partial charge is 0.351 e. The Kier molecular flexibility index (Phi) is 5.44. The summed E-state index contributed by atoms with van der Waals surface area (Å²) in [6.45, 7) is 2.23. The van der Waals surface area contributed by atoms with E-state index in [0.717, 1.165) is 11.3 Å². The number of rotatable bonds is 6. The number of carbonyl (C=O) groups is 1. The number of hydrogen-bond donors (Lipinski definition) is 2. The molecule has 0 saturated carbocycles. The first-order valence-corrected chi connectivity index (χ1v) is 10.0. The average Bonchev–Trinajstić information content (AvgIpc) is 3.18. The summed E-state index contributed by atoms with van der Waals surface area (Å²) in [5.41, 5.74) is 2.01. The Hall–Kier alpha value is -3.39. The minimum absolute atomic E-state index is 0.127. The van der Waals surface area contributed by atoms with Crippen molar-refractivity contribution in [1.29, 1.82) is 0 Å². The highest BCUT2D eigenvalue weighted by molar-refractivity contribution is 8.00. The van der Waals surface area contributed by atoms with Crippen molar-refractivity contribution in [2.24, 2.45) is 0 Å². The maximum Gasteiger partial charge on any atom is 0.262 e. The van der Waals surface area contributed by atoms with Crippen molar-refractivity contribution in [3.63, 3.8) is 0 Å². The zero-order valence-electron chi connectivity index (χ0n) is 15.7. The number of aromatic amines is 1. The maximum absolute atomic E-state index is 12.4. The molecule has 0 bridgehead atoms. The van der Waals surface area contributed by atoms with Gasteiger partial charge in [0.15, 0.2) is 10.8 Å². The molecule has 146 valence electrons. The first-order valence-electron chi connectivity index (χ1n) is 9.13. The highest BCUT2D eigenvalue weighted by Crippen LogP contribution is 2.21. The Labute approximate surface area is 171 Å². The fraction of sp³-hybridized carbons (Fsp3) is 0.143. The Balaban J connectivity index is 1.53. The van der Waals surface area contributed by atoms with Crippen LogP contribution in [0.3, 0.4) is 0 Å². The number of thioether (sulfide) groups is 1. The van der Waals surface area contributed by atoms with Crippen LogP contribution in [0, 0.1) is 0 Å². The molecule has 0 saturated heterocycles. The number of nitrogens with zero attached hydrogens (tertiary/aromatic N) is 3. The number of para-hydroxylation sites is 1. The van der Waals surface area contributed by atoms with Gasteiger partial charge in [0, 0.05) is 6.54 Å². The Morgan fingerprint density at radius 3 is 2.55 bits per heavy atom. The number of carbonyl (C=O) groups excluding carboxylic acids is 1. The monoisotopic (exact) mass is 405 g/mol. The van der Waals surface area contributed by atoms with Gasteiger partial charge in [-0.1, -0.05) is 60.3 Å². The lowest BCUT2D eigenvalue weighted by Gasteiger charge is -2.11. The summed E-state index contributed by atoms with van der Waals surface area (Å²) < 4.78 is 1.62. The van der Waals surface area contributed by atoms with Gasteiger partial charge in [-0.15, -0.1) is 0 Å². The molecule has 1 unspecified atom stereocenters. The topological polar surface area (TPSA) is 92.7 Å². The number of fused-ring (bicyclic) bond motifs is 1. The van der Waals surface area contributed by atoms with E-state index >= 15 is 0 Å². The van der Waals surface area contributed by atoms with Gasteiger partial charge in [0.05, 0.1) is 17.1 Å². The predicted octanol–water partition coefficient (Wildman–Crippen LogP) is 2.91. The highest BCUT2D eigenvalue weighted by Gasteiger charge is 2.18. The van der Waals surface area contributed by atoms with Crippen molar-refractivity contribution in [2.45, 2.75) is 23.9 Å². The van der Waals surface area contributed by atoms with Crippen molar-refractivity contribution < 1.29 is 4.79 Å². The second-order valence-electron chi connectivity index (χ2n) is 6.46. The summed E-state index contributed by atoms with van der Waals surface area (Å²) in [5.74, 6) is -0.127. The van der Waals surface area contributed by atoms with Gasteiger partial charge in [-0.25, -0.2) is 9.67 Å². The van der Waals surface area contributed by atoms with Crippen LogP contribution in [0.5, 0.6) is 0 Å². The molecule has 2 heterocycles. The van der Waals surface area contributed by atoms with Crippen LogP contribution in [0.1, 0.15) is 12.5 Å². The quantitative estimate of drug-likeness (QED) is 0.380. The van der Waals surface area contributed by atoms with E-state index in [1.54, 1.807) is 11.6 Å². The molecule has 1 atom stereocenters. The van der Waals surface area contributed by atoms with Crippen LogP contribution in [0.4, 0.5) is 0 Å². The predicted molar refractivity (Wildman–Crippen MR) is 113 cm³/mol. The van der Waals surface area contributed by atoms with E-state index in [1.807, 2.05) is 60.7 Å². The van der Waals surface area contributed by atoms with E-state index in [0.29, 0.717) is 22.7 Å². The SMILES string of the molecule is CC(Sc1nc2c(cnn2-c2ccccc2)c(=O)[nH]1)C(=O)NCc1ccccc1. The van der Waals surface area contributed by atoms with E-state index in [4.69, 9.17) is 0 Å². The Morgan fingerprint density at radius 1 is 1.14 bits per heavy atom. The molecule has 0 aliphatic carbocycles. The molecule has 0 fully saturated rings. The molecule has 2 aromatic carbocycles. The molecule has 4 aromatic rings. The van der Waals surface area contributed by atoms with Crippen LogP contribution in [0.25, 0.3) is 16.7 Å². The van der Waals surface area contributed by atoms with Crippen molar-refractivity contribution in [3.8, 4) is 5.69 Å². The smallest absolute Gasteiger partial charge is 0.262 e. The second-order valence-corrected chi connectivity index (χ2v) is 7.79. The molecular weight excluding hydrogens is 386 g/mol. The molecule has 8 heteroatoms. The lowest BCUT2D eigenvalue weighted by Crippen LogP contribution is -2.30. The number of nitrogens with one attached hydrogen (secondary N) is 2. The second kappa shape index (κ2) is 8.32. The fourth-order valence-corrected chi connectivity index (χ4v) is 3.68. The summed E-state index contributed by atoms with van der Waals surface area (Å²) in [6.07, 6.45) is 1.50. The van der Waals surface area contributed by atoms with Gasteiger partial charge in [-0.3, -0.25) is 9.59 Å². The van der Waals surface area contributed by atoms with Crippen LogP contribution >= 0.6 is 11.8 Å². The van der Waals surface area contributed by atoms with Crippen LogP contribution in [0.2, 0.25) is 0 Å². The fourth-order valence-electron chi connectivity index (χ4n) is 2.86. The van der Waals surface area contributed by atoms with Gasteiger partial charge in [0.25, 0.3) is 5.56 Å². The molecule has 0 radical (unpaired) electrons. The van der Waals surface area contributed by atoms with Crippen molar-refractivity contribution in [1.82, 2.24) is 25.1 Å². The molecular formula is C21H19N5O2S. The number of H-pyrrole nitrogens is 1. The molecule has 0 aliphatic rings. The van der Waals surface area contributed by atoms with E-state index in [9.17, 15) is 9.59 Å². The molecule has 2 N–H and O–H groups in total. The summed E-state index contributed by atoms with van der Waals surface area (Å²) in [4.78, 5) is 32.2. The molecule has 0 aliphatic heterocycles. The summed E-state index contributed by atoms with van der Waals surface area (Å²) in [5, 5.41) is 7.55. The van der Waals surface area contributed by atoms with Gasteiger partial charge in [0.2, 0.25) is 5.91 Å². The number of hydrogen-bond acceptors (Lipinski definition) is 5. The Morgan fingerprint density at radius 2 is 1.83 bits per heavy atom. The van der Waals surface area contributed by atoms with Gasteiger partial charge < -0.3 is 10.3 Å². The zero-order chi connectivity index (χ0) is 20.2. The van der Waals surface area contributed by atoms with E-state index < -0.39 is 5.25 Å². The minimum Gasteiger partial charge on any atom is -0.351 e. The molecule has 1 amide bonds. The van der Waals surface area contributed by atoms with Gasteiger partial charge in [-0.05, 0) is 24.6 Å². The summed E-state index contributed by atoms with van der Waals surface area (Å²) in [6, 6.07) is 19.2. The van der Waals surface area contributed by atoms with Gasteiger partial charge in [0.1, 0.15) is 5.39 Å². The normalized spacial score (nSPS) is 12.0. The van der Waals surface area contributed by atoms with E-state index in [1.165, 1.54) is 18.0 Å². The molecule has 2 aromatic heterocycles. The van der Waals surface area contributed by atoms with E-state index in [2.05, 4.69) is 20.4 Å². The molecule has 29 heavy (non-hydrogen) atoms. The Bertz CT molecular complexity index is 1190. The average molecular weight is 405 g/mol. The third kappa shape index (κ3) is 4.22. The minimum atomic E-state index is -0.424. The van der Waals surface area contributed by atoms with Crippen LogP contribution in [0.15, 0.2) is 76.8 Å². The highest BCUT2D eigenvalue weighted by atomic mass is 32.2. The lowest BCUT2D eigenvalue weighted by molar-refractivity contribution is -0.120. The van der Waals surface area contributed by atoms with E-state index in [-0.39, 0.29) is 11.5 Å². The van der Waals surface area contributed by atoms with Gasteiger partial charge in [-0.2, -0.15) is 5.10 Å². The lowest BCUT2D eigenvalue weighted by atomic mass is 10.2. The van der Waals surface area contributed by atoms with Gasteiger partial charge >= 0.3 is 0 Å². The van der Waals surface area contributed by atoms with Crippen LogP contribution in [-0.4, -0.2) is 30.9 Å². The number of aromatic nitrogens is 4. The van der Waals surface area contributed by atoms with Crippen LogP contribution < -0.4 is 10.9 Å². The maximum atomic E-state index is 12.4. The first kappa shape index (κ1) is 18.9. The number of amides is 1. The zero-order valence-corrected chi connectivity index (χ0v) is 16.5. The first-order chi connectivity index (χ1) is 14.1. The molecule has 7 nitrogen and oxygen atoms in total. The van der Waals surface area contributed by atoms with Crippen LogP contribution in [-0.2, 0) is 11.3 Å². The number of benzene rings is 2.